The predicted molar refractivity (Wildman–Crippen MR) is 127 cm³/mol. The molecule has 0 amide bonds. The second-order valence-corrected chi connectivity index (χ2v) is 9.07. The van der Waals surface area contributed by atoms with Crippen LogP contribution in [-0.4, -0.2) is 23.9 Å². The van der Waals surface area contributed by atoms with Crippen LogP contribution in [0.5, 0.6) is 0 Å². The van der Waals surface area contributed by atoms with E-state index >= 15 is 0 Å². The molecule has 31 heavy (non-hydrogen) atoms. The zero-order chi connectivity index (χ0) is 22.3. The van der Waals surface area contributed by atoms with E-state index in [1.165, 1.54) is 11.3 Å². The smallest absolute Gasteiger partial charge is 0.195 e. The molecule has 160 valence electrons. The van der Waals surface area contributed by atoms with Crippen LogP contribution in [0.1, 0.15) is 85.8 Å². The molecule has 4 rings (SSSR count). The zero-order valence-electron chi connectivity index (χ0n) is 19.2. The van der Waals surface area contributed by atoms with Crippen molar-refractivity contribution in [2.24, 2.45) is 0 Å². The van der Waals surface area contributed by atoms with E-state index in [0.29, 0.717) is 5.56 Å². The molecule has 3 aromatic rings. The van der Waals surface area contributed by atoms with Crippen LogP contribution in [0, 0.1) is 11.3 Å². The highest BCUT2D eigenvalue weighted by molar-refractivity contribution is 6.20. The third kappa shape index (κ3) is 3.24. The summed E-state index contributed by atoms with van der Waals surface area (Å²) < 4.78 is 0. The second-order valence-electron chi connectivity index (χ2n) is 9.07. The molecular weight excluding hydrogens is 382 g/mol. The largest absolute Gasteiger partial charge is 0.371 e. The van der Waals surface area contributed by atoms with E-state index in [0.717, 1.165) is 65.6 Å². The molecule has 0 spiro atoms. The number of ketones is 1. The minimum absolute atomic E-state index is 0.0825. The maximum Gasteiger partial charge on any atom is 0.195 e. The molecule has 0 unspecified atom stereocenters. The highest BCUT2D eigenvalue weighted by Crippen LogP contribution is 2.45. The number of H-pyrrole nitrogens is 1. The quantitative estimate of drug-likeness (QED) is 0.531. The van der Waals surface area contributed by atoms with Crippen molar-refractivity contribution in [3.05, 3.63) is 63.8 Å². The van der Waals surface area contributed by atoms with Gasteiger partial charge in [-0.3, -0.25) is 4.79 Å². The first kappa shape index (κ1) is 21.2. The van der Waals surface area contributed by atoms with Crippen molar-refractivity contribution in [1.29, 1.82) is 5.26 Å². The number of rotatable bonds is 6. The summed E-state index contributed by atoms with van der Waals surface area (Å²) in [6, 6.07) is 12.1. The highest BCUT2D eigenvalue weighted by atomic mass is 16.1. The third-order valence-electron chi connectivity index (χ3n) is 6.63. The van der Waals surface area contributed by atoms with Crippen LogP contribution in [0.25, 0.3) is 10.9 Å². The molecule has 0 saturated heterocycles. The van der Waals surface area contributed by atoms with Gasteiger partial charge in [0.1, 0.15) is 0 Å². The number of hydrogen-bond donors (Lipinski definition) is 1. The minimum atomic E-state index is -0.338. The Morgan fingerprint density at radius 3 is 2.39 bits per heavy atom. The average Bonchev–Trinajstić information content (AvgIpc) is 3.16. The number of carbonyl (C=O) groups excluding carboxylic acids is 1. The van der Waals surface area contributed by atoms with E-state index in [4.69, 9.17) is 0 Å². The lowest BCUT2D eigenvalue weighted by Crippen LogP contribution is -2.32. The number of fused-ring (bicyclic) bond motifs is 4. The molecule has 0 saturated carbocycles. The summed E-state index contributed by atoms with van der Waals surface area (Å²) in [7, 11) is 0. The van der Waals surface area contributed by atoms with E-state index in [1.807, 2.05) is 12.1 Å². The van der Waals surface area contributed by atoms with Crippen LogP contribution in [0.4, 0.5) is 5.69 Å². The monoisotopic (exact) mass is 413 g/mol. The molecule has 1 N–H and O–H groups in total. The zero-order valence-corrected chi connectivity index (χ0v) is 19.2. The summed E-state index contributed by atoms with van der Waals surface area (Å²) in [5.74, 6) is 0.0825. The average molecular weight is 414 g/mol. The van der Waals surface area contributed by atoms with Gasteiger partial charge in [0.15, 0.2) is 5.78 Å². The van der Waals surface area contributed by atoms with Gasteiger partial charge in [0.05, 0.1) is 17.2 Å². The van der Waals surface area contributed by atoms with Crippen LogP contribution in [0.15, 0.2) is 30.3 Å². The minimum Gasteiger partial charge on any atom is -0.371 e. The molecule has 0 aliphatic heterocycles. The van der Waals surface area contributed by atoms with Crippen LogP contribution in [0.2, 0.25) is 0 Å². The van der Waals surface area contributed by atoms with E-state index in [9.17, 15) is 10.1 Å². The molecule has 0 atom stereocenters. The fourth-order valence-electron chi connectivity index (χ4n) is 5.05. The Hall–Kier alpha value is -3.06. The van der Waals surface area contributed by atoms with E-state index in [2.05, 4.69) is 62.7 Å². The van der Waals surface area contributed by atoms with Gasteiger partial charge in [-0.1, -0.05) is 40.7 Å². The van der Waals surface area contributed by atoms with Crippen LogP contribution >= 0.6 is 0 Å². The van der Waals surface area contributed by atoms with Crippen molar-refractivity contribution >= 4 is 22.4 Å². The number of aryl methyl sites for hydroxylation is 1. The van der Waals surface area contributed by atoms with Gasteiger partial charge in [-0.2, -0.15) is 5.26 Å². The first-order valence-electron chi connectivity index (χ1n) is 11.4. The number of nitrogens with zero attached hydrogens (tertiary/aromatic N) is 2. The van der Waals surface area contributed by atoms with Crippen LogP contribution < -0.4 is 4.90 Å². The van der Waals surface area contributed by atoms with Crippen LogP contribution in [0.3, 0.4) is 0 Å². The lowest BCUT2D eigenvalue weighted by molar-refractivity contribution is 0.103. The first-order valence-corrected chi connectivity index (χ1v) is 11.4. The highest BCUT2D eigenvalue weighted by Gasteiger charge is 2.40. The van der Waals surface area contributed by atoms with Gasteiger partial charge in [0.25, 0.3) is 0 Å². The second kappa shape index (κ2) is 7.89. The maximum atomic E-state index is 13.7. The Morgan fingerprint density at radius 2 is 1.77 bits per heavy atom. The van der Waals surface area contributed by atoms with Crippen molar-refractivity contribution in [2.75, 3.05) is 18.0 Å². The van der Waals surface area contributed by atoms with Crippen molar-refractivity contribution in [3.8, 4) is 6.07 Å². The number of anilines is 1. The molecule has 1 heterocycles. The molecule has 0 bridgehead atoms. The molecule has 1 aromatic heterocycles. The lowest BCUT2D eigenvalue weighted by atomic mass is 9.70. The SMILES string of the molecule is CCCN(CCC)c1cc2c(cc1CC)C(=O)c1c([nH]c3cc(C#N)ccc13)C2(C)C. The number of nitrogens with one attached hydrogen (secondary N) is 1. The molecule has 2 aromatic carbocycles. The summed E-state index contributed by atoms with van der Waals surface area (Å²) in [5, 5.41) is 10.2. The summed E-state index contributed by atoms with van der Waals surface area (Å²) in [6.07, 6.45) is 3.08. The Balaban J connectivity index is 1.96. The predicted octanol–water partition coefficient (Wildman–Crippen LogP) is 6.10. The third-order valence-corrected chi connectivity index (χ3v) is 6.63. The number of carbonyl (C=O) groups is 1. The van der Waals surface area contributed by atoms with Gasteiger partial charge in [0, 0.05) is 46.4 Å². The summed E-state index contributed by atoms with van der Waals surface area (Å²) in [6.45, 7) is 13.0. The number of aromatic nitrogens is 1. The van der Waals surface area contributed by atoms with Gasteiger partial charge in [-0.25, -0.2) is 0 Å². The Labute approximate surface area is 184 Å². The number of nitriles is 1. The fraction of sp³-hybridized carbons (Fsp3) is 0.407. The molecule has 4 heteroatoms. The van der Waals surface area contributed by atoms with Crippen molar-refractivity contribution in [3.63, 3.8) is 0 Å². The van der Waals surface area contributed by atoms with Gasteiger partial charge in [0.2, 0.25) is 0 Å². The normalized spacial score (nSPS) is 14.3. The Kier molecular flexibility index (Phi) is 5.39. The van der Waals surface area contributed by atoms with Crippen molar-refractivity contribution < 1.29 is 4.79 Å². The molecule has 1 aliphatic rings. The van der Waals surface area contributed by atoms with Crippen molar-refractivity contribution in [2.45, 2.75) is 59.3 Å². The van der Waals surface area contributed by atoms with E-state index < -0.39 is 0 Å². The molecule has 0 radical (unpaired) electrons. The van der Waals surface area contributed by atoms with E-state index in [-0.39, 0.29) is 11.2 Å². The summed E-state index contributed by atoms with van der Waals surface area (Å²) >= 11 is 0. The number of hydrogen-bond acceptors (Lipinski definition) is 3. The summed E-state index contributed by atoms with van der Waals surface area (Å²) in [4.78, 5) is 19.7. The summed E-state index contributed by atoms with van der Waals surface area (Å²) in [5.41, 5.74) is 7.21. The molecule has 0 fully saturated rings. The fourth-order valence-corrected chi connectivity index (χ4v) is 5.05. The Morgan fingerprint density at radius 1 is 1.06 bits per heavy atom. The standard InChI is InChI=1S/C27H31N3O/c1-6-11-30(12-7-2)23-15-21-20(14-18(23)8-3)25(31)24-19-10-9-17(16-28)13-22(19)29-26(24)27(21,4)5/h9-10,13-15,29H,6-8,11-12H2,1-5H3. The van der Waals surface area contributed by atoms with Crippen LogP contribution in [-0.2, 0) is 11.8 Å². The van der Waals surface area contributed by atoms with Gasteiger partial charge in [-0.05, 0) is 54.7 Å². The lowest BCUT2D eigenvalue weighted by Gasteiger charge is -2.35. The molecular formula is C27H31N3O. The molecule has 4 nitrogen and oxygen atoms in total. The Bertz CT molecular complexity index is 1200. The van der Waals surface area contributed by atoms with Gasteiger partial charge < -0.3 is 9.88 Å². The van der Waals surface area contributed by atoms with E-state index in [1.54, 1.807) is 6.07 Å². The number of benzene rings is 2. The number of aromatic amines is 1. The maximum absolute atomic E-state index is 13.7. The van der Waals surface area contributed by atoms with Gasteiger partial charge in [-0.15, -0.1) is 0 Å². The first-order chi connectivity index (χ1) is 14.9. The van der Waals surface area contributed by atoms with Crippen molar-refractivity contribution in [1.82, 2.24) is 4.98 Å². The molecule has 1 aliphatic carbocycles. The van der Waals surface area contributed by atoms with Gasteiger partial charge >= 0.3 is 0 Å². The topological polar surface area (TPSA) is 59.9 Å².